The molecular formula is C8H10F4N2O2P2. The molecule has 1 spiro atoms. The molecule has 2 aliphatic heterocycles. The molecule has 0 radical (unpaired) electrons. The van der Waals surface area contributed by atoms with Gasteiger partial charge in [0.25, 0.3) is 0 Å². The van der Waals surface area contributed by atoms with Gasteiger partial charge in [0, 0.05) is 0 Å². The van der Waals surface area contributed by atoms with E-state index in [2.05, 4.69) is 0 Å². The average molecular weight is 304 g/mol. The van der Waals surface area contributed by atoms with Crippen molar-refractivity contribution < 1.29 is 25.8 Å². The fourth-order valence-corrected chi connectivity index (χ4v) is 9.29. The Kier molecular flexibility index (Phi) is 1.89. The molecular weight excluding hydrogens is 294 g/mol. The molecule has 0 atom stereocenters. The van der Waals surface area contributed by atoms with Crippen LogP contribution in [0.15, 0.2) is 24.3 Å². The van der Waals surface area contributed by atoms with Crippen molar-refractivity contribution in [3.63, 3.8) is 0 Å². The Hall–Kier alpha value is -0.680. The number of fused-ring (bicyclic) bond motifs is 1. The second-order valence-electron chi connectivity index (χ2n) is 4.12. The minimum atomic E-state index is -6.88. The Morgan fingerprint density at radius 2 is 1.28 bits per heavy atom. The summed E-state index contributed by atoms with van der Waals surface area (Å²) in [4.78, 5) is 0. The van der Waals surface area contributed by atoms with Crippen LogP contribution in [-0.4, -0.2) is 23.0 Å². The third-order valence-electron chi connectivity index (χ3n) is 3.22. The van der Waals surface area contributed by atoms with Crippen molar-refractivity contribution in [2.24, 2.45) is 0 Å². The van der Waals surface area contributed by atoms with Crippen molar-refractivity contribution in [2.45, 2.75) is 0 Å². The Bertz CT molecular complexity index is 521. The second-order valence-corrected chi connectivity index (χ2v) is 10.5. The summed E-state index contributed by atoms with van der Waals surface area (Å²) < 4.78 is 64.9. The van der Waals surface area contributed by atoms with E-state index in [4.69, 9.17) is 9.05 Å². The van der Waals surface area contributed by atoms with Crippen LogP contribution in [0.25, 0.3) is 0 Å². The molecule has 1 fully saturated rings. The van der Waals surface area contributed by atoms with E-state index in [1.165, 1.54) is 24.3 Å². The molecule has 4 nitrogen and oxygen atoms in total. The summed E-state index contributed by atoms with van der Waals surface area (Å²) in [6.07, 6.45) is 0. The van der Waals surface area contributed by atoms with Crippen molar-refractivity contribution in [3.8, 4) is 11.5 Å². The van der Waals surface area contributed by atoms with Gasteiger partial charge in [-0.25, -0.2) is 0 Å². The first-order valence-electron chi connectivity index (χ1n) is 4.97. The zero-order valence-electron chi connectivity index (χ0n) is 9.43. The predicted octanol–water partition coefficient (Wildman–Crippen LogP) is 4.47. The number of halogens is 4. The molecule has 3 rings (SSSR count). The van der Waals surface area contributed by atoms with Crippen LogP contribution in [-0.2, 0) is 0 Å². The monoisotopic (exact) mass is 304 g/mol. The van der Waals surface area contributed by atoms with Gasteiger partial charge in [-0.2, -0.15) is 0 Å². The normalized spacial score (nSPS) is 34.8. The van der Waals surface area contributed by atoms with E-state index in [0.29, 0.717) is 14.1 Å². The molecule has 0 unspecified atom stereocenters. The molecule has 0 saturated carbocycles. The molecule has 2 heterocycles. The molecule has 18 heavy (non-hydrogen) atoms. The van der Waals surface area contributed by atoms with Gasteiger partial charge in [-0.1, -0.05) is 0 Å². The number of hydrogen-bond acceptors (Lipinski definition) is 4. The molecule has 10 heteroatoms. The van der Waals surface area contributed by atoms with E-state index >= 15 is 0 Å². The zero-order valence-corrected chi connectivity index (χ0v) is 11.2. The first kappa shape index (κ1) is 12.4. The maximum atomic E-state index is 15.0. The number of nitrogens with zero attached hydrogens (tertiary/aromatic N) is 2. The van der Waals surface area contributed by atoms with E-state index in [9.17, 15) is 16.8 Å². The summed E-state index contributed by atoms with van der Waals surface area (Å²) in [6, 6.07) is 5.83. The van der Waals surface area contributed by atoms with Crippen molar-refractivity contribution in [2.75, 3.05) is 14.1 Å². The van der Waals surface area contributed by atoms with Gasteiger partial charge in [0.15, 0.2) is 0 Å². The fraction of sp³-hybridized carbons (Fsp3) is 0.250. The van der Waals surface area contributed by atoms with Crippen LogP contribution in [0.4, 0.5) is 16.8 Å². The average Bonchev–Trinajstić information content (AvgIpc) is 2.62. The Morgan fingerprint density at radius 1 is 0.889 bits per heavy atom. The number of benzene rings is 1. The van der Waals surface area contributed by atoms with Gasteiger partial charge >= 0.3 is 100 Å². The van der Waals surface area contributed by atoms with Crippen LogP contribution in [0.2, 0.25) is 0 Å². The minimum absolute atomic E-state index is 0.0111. The number of rotatable bonds is 0. The van der Waals surface area contributed by atoms with E-state index in [-0.39, 0.29) is 20.4 Å². The molecule has 0 aliphatic carbocycles. The molecule has 0 amide bonds. The molecule has 2 aliphatic rings. The Balaban J connectivity index is 2.11. The van der Waals surface area contributed by atoms with Crippen molar-refractivity contribution >= 4 is 15.5 Å². The molecule has 1 aromatic carbocycles. The van der Waals surface area contributed by atoms with Crippen molar-refractivity contribution in [1.29, 1.82) is 0 Å². The van der Waals surface area contributed by atoms with Crippen LogP contribution in [0, 0.1) is 0 Å². The van der Waals surface area contributed by atoms with E-state index in [1.807, 2.05) is 0 Å². The molecule has 1 aromatic rings. The van der Waals surface area contributed by atoms with E-state index in [1.54, 1.807) is 0 Å². The first-order chi connectivity index (χ1) is 8.08. The van der Waals surface area contributed by atoms with Gasteiger partial charge in [0.05, 0.1) is 0 Å². The first-order valence-corrected chi connectivity index (χ1v) is 8.65. The zero-order chi connectivity index (χ0) is 13.4. The second kappa shape index (κ2) is 2.75. The van der Waals surface area contributed by atoms with Crippen molar-refractivity contribution in [1.82, 2.24) is 8.88 Å². The molecule has 0 aromatic heterocycles. The summed E-state index contributed by atoms with van der Waals surface area (Å²) in [5, 5.41) is 0. The topological polar surface area (TPSA) is 24.9 Å². The molecule has 0 bridgehead atoms. The van der Waals surface area contributed by atoms with E-state index < -0.39 is 15.5 Å². The van der Waals surface area contributed by atoms with E-state index in [0.717, 1.165) is 0 Å². The van der Waals surface area contributed by atoms with Gasteiger partial charge in [-0.05, 0) is 0 Å². The van der Waals surface area contributed by atoms with Crippen LogP contribution in [0.5, 0.6) is 11.5 Å². The quantitative estimate of drug-likeness (QED) is 0.521. The number of hydrogen-bond donors (Lipinski definition) is 0. The summed E-state index contributed by atoms with van der Waals surface area (Å²) >= 11 is 0. The summed E-state index contributed by atoms with van der Waals surface area (Å²) in [7, 11) is -11.1. The summed E-state index contributed by atoms with van der Waals surface area (Å²) in [6.45, 7) is 0. The third-order valence-corrected chi connectivity index (χ3v) is 11.4. The molecule has 102 valence electrons. The number of para-hydroxylation sites is 2. The van der Waals surface area contributed by atoms with Gasteiger partial charge in [0.1, 0.15) is 0 Å². The van der Waals surface area contributed by atoms with Crippen LogP contribution >= 0.6 is 15.5 Å². The van der Waals surface area contributed by atoms with Crippen LogP contribution in [0.3, 0.4) is 0 Å². The SMILES string of the molecule is CN1P(F)(F)(F)N(C)P12(F)Oc1ccccc1O2. The van der Waals surface area contributed by atoms with Crippen LogP contribution < -0.4 is 9.05 Å². The van der Waals surface area contributed by atoms with Crippen molar-refractivity contribution in [3.05, 3.63) is 24.3 Å². The van der Waals surface area contributed by atoms with Gasteiger partial charge in [-0.3, -0.25) is 0 Å². The van der Waals surface area contributed by atoms with Crippen LogP contribution in [0.1, 0.15) is 0 Å². The fourth-order valence-electron chi connectivity index (χ4n) is 1.99. The Labute approximate surface area is 101 Å². The maximum absolute atomic E-state index is 15.0. The van der Waals surface area contributed by atoms with Gasteiger partial charge < -0.3 is 0 Å². The summed E-state index contributed by atoms with van der Waals surface area (Å²) in [5.41, 5.74) is 0. The third kappa shape index (κ3) is 1.06. The molecule has 0 N–H and O–H groups in total. The van der Waals surface area contributed by atoms with Gasteiger partial charge in [-0.15, -0.1) is 0 Å². The van der Waals surface area contributed by atoms with Gasteiger partial charge in [0.2, 0.25) is 0 Å². The summed E-state index contributed by atoms with van der Waals surface area (Å²) in [5.74, 6) is -0.0222. The standard InChI is InChI=1S/C8H10F4N2O2P2/c1-13-17(9,10,11)14(2)18(13,12)15-7-5-3-4-6-8(7)16-18/h3-6H,1-2H3. The molecule has 1 saturated heterocycles. The predicted molar refractivity (Wildman–Crippen MR) is 61.5 cm³/mol. The Morgan fingerprint density at radius 3 is 1.67 bits per heavy atom.